The highest BCUT2D eigenvalue weighted by Crippen LogP contribution is 2.41. The smallest absolute Gasteiger partial charge is 0.204 e. The van der Waals surface area contributed by atoms with Crippen molar-refractivity contribution in [2.45, 2.75) is 12.2 Å². The average Bonchev–Trinajstić information content (AvgIpc) is 2.75. The van der Waals surface area contributed by atoms with E-state index >= 15 is 0 Å². The van der Waals surface area contributed by atoms with E-state index in [4.69, 9.17) is 24.1 Å². The lowest BCUT2D eigenvalue weighted by atomic mass is 10.0. The molecule has 4 N–H and O–H groups in total. The molecular weight excluding hydrogens is 380 g/mol. The van der Waals surface area contributed by atoms with Gasteiger partial charge in [-0.1, -0.05) is 18.2 Å². The van der Waals surface area contributed by atoms with Gasteiger partial charge in [-0.25, -0.2) is 0 Å². The Labute approximate surface area is 169 Å². The third-order valence-corrected chi connectivity index (χ3v) is 4.25. The predicted molar refractivity (Wildman–Crippen MR) is 107 cm³/mol. The van der Waals surface area contributed by atoms with Crippen LogP contribution in [0.25, 0.3) is 6.08 Å². The first-order valence-corrected chi connectivity index (χ1v) is 8.84. The zero-order valence-corrected chi connectivity index (χ0v) is 16.5. The predicted octanol–water partition coefficient (Wildman–Crippen LogP) is 1.90. The number of hydrogen-bond acceptors (Lipinski definition) is 8. The van der Waals surface area contributed by atoms with Crippen LogP contribution >= 0.6 is 0 Å². The second kappa shape index (κ2) is 10.6. The Kier molecular flexibility index (Phi) is 8.14. The summed E-state index contributed by atoms with van der Waals surface area (Å²) in [6, 6.07) is 7.70. The van der Waals surface area contributed by atoms with Crippen LogP contribution in [-0.2, 0) is 0 Å². The van der Waals surface area contributed by atoms with Crippen molar-refractivity contribution >= 4 is 6.08 Å². The zero-order chi connectivity index (χ0) is 21.4. The van der Waals surface area contributed by atoms with Gasteiger partial charge in [-0.3, -0.25) is 0 Å². The Bertz CT molecular complexity index is 808. The lowest BCUT2D eigenvalue weighted by Crippen LogP contribution is -2.29. The first-order chi connectivity index (χ1) is 14.0. The fourth-order valence-corrected chi connectivity index (χ4v) is 2.75. The summed E-state index contributed by atoms with van der Waals surface area (Å²) in [4.78, 5) is 0. The minimum Gasteiger partial charge on any atom is -0.504 e. The molecule has 0 radical (unpaired) electrons. The van der Waals surface area contributed by atoms with Crippen molar-refractivity contribution in [3.8, 4) is 28.7 Å². The van der Waals surface area contributed by atoms with Crippen LogP contribution in [0.5, 0.6) is 28.7 Å². The van der Waals surface area contributed by atoms with Crippen molar-refractivity contribution < 1.29 is 39.4 Å². The van der Waals surface area contributed by atoms with Crippen molar-refractivity contribution in [1.82, 2.24) is 0 Å². The van der Waals surface area contributed by atoms with Crippen molar-refractivity contribution in [2.75, 3.05) is 34.5 Å². The molecule has 0 heterocycles. The van der Waals surface area contributed by atoms with Gasteiger partial charge >= 0.3 is 0 Å². The molecule has 2 atom stereocenters. The molecule has 29 heavy (non-hydrogen) atoms. The molecule has 8 nitrogen and oxygen atoms in total. The molecule has 0 saturated carbocycles. The van der Waals surface area contributed by atoms with E-state index in [1.54, 1.807) is 24.3 Å². The van der Waals surface area contributed by atoms with Crippen LogP contribution in [0.1, 0.15) is 17.2 Å². The molecule has 0 aliphatic heterocycles. The number of rotatable bonds is 10. The number of hydrogen-bond donors (Lipinski definition) is 4. The summed E-state index contributed by atoms with van der Waals surface area (Å²) >= 11 is 0. The number of methoxy groups -OCH3 is 3. The van der Waals surface area contributed by atoms with Crippen LogP contribution in [0.4, 0.5) is 0 Å². The van der Waals surface area contributed by atoms with E-state index in [0.717, 1.165) is 0 Å². The van der Waals surface area contributed by atoms with Gasteiger partial charge in [0, 0.05) is 0 Å². The topological polar surface area (TPSA) is 118 Å². The maximum atomic E-state index is 10.7. The van der Waals surface area contributed by atoms with E-state index < -0.39 is 18.8 Å². The van der Waals surface area contributed by atoms with E-state index in [9.17, 15) is 15.3 Å². The molecule has 0 aliphatic carbocycles. The minimum absolute atomic E-state index is 0.0696. The average molecular weight is 406 g/mol. The second-order valence-electron chi connectivity index (χ2n) is 6.05. The van der Waals surface area contributed by atoms with Crippen LogP contribution in [-0.4, -0.2) is 61.1 Å². The van der Waals surface area contributed by atoms with E-state index in [1.807, 2.05) is 0 Å². The van der Waals surface area contributed by atoms with Gasteiger partial charge in [0.1, 0.15) is 6.10 Å². The Morgan fingerprint density at radius 3 is 2.07 bits per heavy atom. The van der Waals surface area contributed by atoms with Gasteiger partial charge in [0.2, 0.25) is 5.75 Å². The molecule has 0 aromatic heterocycles. The third-order valence-electron chi connectivity index (χ3n) is 4.25. The first-order valence-electron chi connectivity index (χ1n) is 8.84. The Morgan fingerprint density at radius 1 is 0.931 bits per heavy atom. The van der Waals surface area contributed by atoms with Crippen molar-refractivity contribution in [3.05, 3.63) is 47.5 Å². The Morgan fingerprint density at radius 2 is 1.55 bits per heavy atom. The lowest BCUT2D eigenvalue weighted by molar-refractivity contribution is -0.00174. The SMILES string of the molecule is COc1cc([C@@H](O)[C@H](CO)Oc2c(OC)cc(C=CCO)cc2OC)ccc1O. The van der Waals surface area contributed by atoms with Gasteiger partial charge < -0.3 is 39.4 Å². The van der Waals surface area contributed by atoms with E-state index in [2.05, 4.69) is 0 Å². The van der Waals surface area contributed by atoms with Crippen molar-refractivity contribution in [3.63, 3.8) is 0 Å². The molecule has 158 valence electrons. The second-order valence-corrected chi connectivity index (χ2v) is 6.05. The quantitative estimate of drug-likeness (QED) is 0.473. The van der Waals surface area contributed by atoms with Gasteiger partial charge in [0.25, 0.3) is 0 Å². The van der Waals surface area contributed by atoms with Gasteiger partial charge in [0.15, 0.2) is 29.1 Å². The highest BCUT2D eigenvalue weighted by molar-refractivity contribution is 5.62. The first kappa shape index (κ1) is 22.4. The standard InChI is InChI=1S/C21H26O8/c1-26-16-11-14(6-7-15(16)24)20(25)19(12-23)29-21-17(27-2)9-13(5-4-8-22)10-18(21)28-3/h4-7,9-11,19-20,22-25H,8,12H2,1-3H3/t19-,20+/m0/s1. The third kappa shape index (κ3) is 5.32. The number of aliphatic hydroxyl groups is 3. The molecule has 8 heteroatoms. The Hall–Kier alpha value is -2.94. The Balaban J connectivity index is 2.37. The lowest BCUT2D eigenvalue weighted by Gasteiger charge is -2.25. The van der Waals surface area contributed by atoms with Gasteiger partial charge in [-0.05, 0) is 35.4 Å². The number of phenolic OH excluding ortho intramolecular Hbond substituents is 1. The normalized spacial score (nSPS) is 13.2. The summed E-state index contributed by atoms with van der Waals surface area (Å²) in [6.45, 7) is -0.611. The van der Waals surface area contributed by atoms with Crippen LogP contribution in [0.3, 0.4) is 0 Å². The molecule has 0 bridgehead atoms. The van der Waals surface area contributed by atoms with Crippen LogP contribution in [0.15, 0.2) is 36.4 Å². The summed E-state index contributed by atoms with van der Waals surface area (Å²) in [5.41, 5.74) is 1.10. The van der Waals surface area contributed by atoms with E-state index in [0.29, 0.717) is 22.6 Å². The van der Waals surface area contributed by atoms with Crippen LogP contribution in [0.2, 0.25) is 0 Å². The number of benzene rings is 2. The molecular formula is C21H26O8. The van der Waals surface area contributed by atoms with Gasteiger partial charge in [-0.2, -0.15) is 0 Å². The summed E-state index contributed by atoms with van der Waals surface area (Å²) < 4.78 is 21.7. The molecule has 0 unspecified atom stereocenters. The molecule has 2 aromatic carbocycles. The molecule has 0 spiro atoms. The highest BCUT2D eigenvalue weighted by Gasteiger charge is 2.26. The fraction of sp³-hybridized carbons (Fsp3) is 0.333. The molecule has 2 rings (SSSR count). The maximum Gasteiger partial charge on any atom is 0.204 e. The fourth-order valence-electron chi connectivity index (χ4n) is 2.75. The summed E-state index contributed by atoms with van der Waals surface area (Å²) in [5, 5.41) is 39.2. The molecule has 0 saturated heterocycles. The summed E-state index contributed by atoms with van der Waals surface area (Å²) in [6.07, 6.45) is 0.979. The van der Waals surface area contributed by atoms with Crippen molar-refractivity contribution in [2.24, 2.45) is 0 Å². The van der Waals surface area contributed by atoms with Gasteiger partial charge in [0.05, 0.1) is 34.5 Å². The minimum atomic E-state index is -1.22. The summed E-state index contributed by atoms with van der Waals surface area (Å²) in [7, 11) is 4.31. The number of ether oxygens (including phenoxy) is 4. The largest absolute Gasteiger partial charge is 0.504 e. The van der Waals surface area contributed by atoms with Gasteiger partial charge in [-0.15, -0.1) is 0 Å². The number of phenols is 1. The number of aliphatic hydroxyl groups excluding tert-OH is 3. The maximum absolute atomic E-state index is 10.7. The van der Waals surface area contributed by atoms with Crippen LogP contribution in [0, 0.1) is 0 Å². The molecule has 0 fully saturated rings. The highest BCUT2D eigenvalue weighted by atomic mass is 16.6. The molecule has 0 aliphatic rings. The molecule has 2 aromatic rings. The monoisotopic (exact) mass is 406 g/mol. The number of aromatic hydroxyl groups is 1. The summed E-state index contributed by atoms with van der Waals surface area (Å²) in [5.74, 6) is 0.986. The van der Waals surface area contributed by atoms with E-state index in [1.165, 1.54) is 39.5 Å². The van der Waals surface area contributed by atoms with Crippen LogP contribution < -0.4 is 18.9 Å². The van der Waals surface area contributed by atoms with Crippen molar-refractivity contribution in [1.29, 1.82) is 0 Å². The zero-order valence-electron chi connectivity index (χ0n) is 16.5. The van der Waals surface area contributed by atoms with E-state index in [-0.39, 0.29) is 23.9 Å². The molecule has 0 amide bonds.